The van der Waals surface area contributed by atoms with E-state index < -0.39 is 6.09 Å². The molecule has 0 aromatic rings. The number of amides is 1. The molecular weight excluding hydrogens is 162 g/mol. The average Bonchev–Trinajstić information content (AvgIpc) is 2.05. The SMILES string of the molecule is O=C1CCN(C(=O)O)C/C1=C\O. The molecular formula is C7H9NO4. The van der Waals surface area contributed by atoms with Crippen molar-refractivity contribution in [2.24, 2.45) is 0 Å². The molecule has 1 aliphatic heterocycles. The molecule has 1 rings (SSSR count). The van der Waals surface area contributed by atoms with E-state index in [4.69, 9.17) is 10.2 Å². The van der Waals surface area contributed by atoms with Crippen LogP contribution in [0, 0.1) is 0 Å². The van der Waals surface area contributed by atoms with Gasteiger partial charge in [0.25, 0.3) is 0 Å². The van der Waals surface area contributed by atoms with Gasteiger partial charge >= 0.3 is 6.09 Å². The third kappa shape index (κ3) is 1.55. The van der Waals surface area contributed by atoms with Gasteiger partial charge in [0.1, 0.15) is 0 Å². The Hall–Kier alpha value is -1.52. The number of aliphatic hydroxyl groups excluding tert-OH is 1. The summed E-state index contributed by atoms with van der Waals surface area (Å²) in [6.07, 6.45) is -0.238. The number of piperidine rings is 1. The summed E-state index contributed by atoms with van der Waals surface area (Å²) in [6.45, 7) is 0.205. The minimum absolute atomic E-state index is 0.00926. The van der Waals surface area contributed by atoms with Gasteiger partial charge in [-0.1, -0.05) is 0 Å². The molecule has 1 heterocycles. The molecule has 5 heteroatoms. The van der Waals surface area contributed by atoms with E-state index in [1.165, 1.54) is 0 Å². The van der Waals surface area contributed by atoms with E-state index in [9.17, 15) is 9.59 Å². The quantitative estimate of drug-likeness (QED) is 0.408. The van der Waals surface area contributed by atoms with Crippen LogP contribution >= 0.6 is 0 Å². The maximum absolute atomic E-state index is 10.9. The van der Waals surface area contributed by atoms with Crippen molar-refractivity contribution in [1.82, 2.24) is 4.90 Å². The van der Waals surface area contributed by atoms with Crippen molar-refractivity contribution < 1.29 is 19.8 Å². The molecule has 0 aromatic heterocycles. The number of Topliss-reactive ketones (excluding diaryl/α,β-unsaturated/α-hetero) is 1. The van der Waals surface area contributed by atoms with Gasteiger partial charge in [-0.2, -0.15) is 0 Å². The summed E-state index contributed by atoms with van der Waals surface area (Å²) in [6, 6.07) is 0. The maximum atomic E-state index is 10.9. The molecule has 2 N–H and O–H groups in total. The van der Waals surface area contributed by atoms with Crippen LogP contribution in [0.3, 0.4) is 0 Å². The molecule has 5 nitrogen and oxygen atoms in total. The van der Waals surface area contributed by atoms with E-state index in [-0.39, 0.29) is 30.9 Å². The molecule has 1 amide bonds. The third-order valence-corrected chi connectivity index (χ3v) is 1.75. The molecule has 1 aliphatic rings. The number of rotatable bonds is 0. The number of carboxylic acid groups (broad SMARTS) is 1. The molecule has 0 atom stereocenters. The van der Waals surface area contributed by atoms with Crippen molar-refractivity contribution in [1.29, 1.82) is 0 Å². The molecule has 0 aliphatic carbocycles. The second-order valence-corrected chi connectivity index (χ2v) is 2.53. The van der Waals surface area contributed by atoms with Gasteiger partial charge in [-0.05, 0) is 0 Å². The van der Waals surface area contributed by atoms with Crippen LogP contribution in [0.15, 0.2) is 11.8 Å². The van der Waals surface area contributed by atoms with Gasteiger partial charge in [-0.3, -0.25) is 4.79 Å². The predicted octanol–water partition coefficient (Wildman–Crippen LogP) is 0.381. The standard InChI is InChI=1S/C7H9NO4/c9-4-5-3-8(7(11)12)2-1-6(5)10/h4,9H,1-3H2,(H,11,12)/b5-4+. The lowest BCUT2D eigenvalue weighted by molar-refractivity contribution is -0.117. The van der Waals surface area contributed by atoms with E-state index in [0.29, 0.717) is 6.26 Å². The van der Waals surface area contributed by atoms with Crippen molar-refractivity contribution in [2.45, 2.75) is 6.42 Å². The molecule has 0 radical (unpaired) electrons. The van der Waals surface area contributed by atoms with Gasteiger partial charge in [0, 0.05) is 18.5 Å². The number of carbonyl (C=O) groups is 2. The second-order valence-electron chi connectivity index (χ2n) is 2.53. The summed E-state index contributed by atoms with van der Waals surface area (Å²) < 4.78 is 0. The number of ketones is 1. The Balaban J connectivity index is 2.68. The molecule has 0 spiro atoms. The van der Waals surface area contributed by atoms with Crippen LogP contribution < -0.4 is 0 Å². The Labute approximate surface area is 68.9 Å². The first-order valence-corrected chi connectivity index (χ1v) is 3.49. The fraction of sp³-hybridized carbons (Fsp3) is 0.429. The number of nitrogens with zero attached hydrogens (tertiary/aromatic N) is 1. The number of carbonyl (C=O) groups excluding carboxylic acids is 1. The largest absolute Gasteiger partial charge is 0.515 e. The minimum atomic E-state index is -1.07. The highest BCUT2D eigenvalue weighted by Crippen LogP contribution is 2.10. The second kappa shape index (κ2) is 3.25. The number of likely N-dealkylation sites (tertiary alicyclic amines) is 1. The van der Waals surface area contributed by atoms with Crippen LogP contribution in [0.2, 0.25) is 0 Å². The molecule has 0 unspecified atom stereocenters. The van der Waals surface area contributed by atoms with E-state index in [1.54, 1.807) is 0 Å². The van der Waals surface area contributed by atoms with Crippen molar-refractivity contribution >= 4 is 11.9 Å². The molecule has 66 valence electrons. The third-order valence-electron chi connectivity index (χ3n) is 1.75. The summed E-state index contributed by atoms with van der Waals surface area (Å²) in [5.41, 5.74) is 0.156. The summed E-state index contributed by atoms with van der Waals surface area (Å²) in [5.74, 6) is -0.185. The van der Waals surface area contributed by atoms with Crippen LogP contribution in [-0.4, -0.2) is 40.1 Å². The molecule has 1 saturated heterocycles. The molecule has 1 fully saturated rings. The Morgan fingerprint density at radius 1 is 1.58 bits per heavy atom. The van der Waals surface area contributed by atoms with Gasteiger partial charge in [-0.15, -0.1) is 0 Å². The monoisotopic (exact) mass is 171 g/mol. The van der Waals surface area contributed by atoms with E-state index in [0.717, 1.165) is 4.90 Å². The van der Waals surface area contributed by atoms with E-state index in [1.807, 2.05) is 0 Å². The molecule has 0 aromatic carbocycles. The Bertz CT molecular complexity index is 246. The summed E-state index contributed by atoms with van der Waals surface area (Å²) in [7, 11) is 0. The zero-order valence-corrected chi connectivity index (χ0v) is 6.36. The first-order chi connectivity index (χ1) is 5.65. The summed E-state index contributed by atoms with van der Waals surface area (Å²) in [4.78, 5) is 22.5. The average molecular weight is 171 g/mol. The van der Waals surface area contributed by atoms with Crippen LogP contribution in [0.5, 0.6) is 0 Å². The summed E-state index contributed by atoms with van der Waals surface area (Å²) in [5, 5.41) is 17.1. The molecule has 0 bridgehead atoms. The van der Waals surface area contributed by atoms with Gasteiger partial charge < -0.3 is 15.1 Å². The van der Waals surface area contributed by atoms with Crippen molar-refractivity contribution in [2.75, 3.05) is 13.1 Å². The van der Waals surface area contributed by atoms with E-state index in [2.05, 4.69) is 0 Å². The van der Waals surface area contributed by atoms with Crippen molar-refractivity contribution in [3.63, 3.8) is 0 Å². The van der Waals surface area contributed by atoms with Gasteiger partial charge in [-0.25, -0.2) is 4.79 Å². The molecule has 12 heavy (non-hydrogen) atoms. The topological polar surface area (TPSA) is 77.8 Å². The van der Waals surface area contributed by atoms with Crippen molar-refractivity contribution in [3.8, 4) is 0 Å². The van der Waals surface area contributed by atoms with Crippen LogP contribution in [0.25, 0.3) is 0 Å². The first kappa shape index (κ1) is 8.58. The molecule has 0 saturated carbocycles. The lowest BCUT2D eigenvalue weighted by Crippen LogP contribution is -2.39. The number of aliphatic hydroxyl groups is 1. The normalized spacial score (nSPS) is 21.5. The number of hydrogen-bond donors (Lipinski definition) is 2. The lowest BCUT2D eigenvalue weighted by Gasteiger charge is -2.24. The first-order valence-electron chi connectivity index (χ1n) is 3.49. The Morgan fingerprint density at radius 2 is 2.25 bits per heavy atom. The van der Waals surface area contributed by atoms with Gasteiger partial charge in [0.05, 0.1) is 12.8 Å². The van der Waals surface area contributed by atoms with Crippen LogP contribution in [0.1, 0.15) is 6.42 Å². The van der Waals surface area contributed by atoms with Gasteiger partial charge in [0.15, 0.2) is 5.78 Å². The van der Waals surface area contributed by atoms with Crippen LogP contribution in [0.4, 0.5) is 4.79 Å². The highest BCUT2D eigenvalue weighted by Gasteiger charge is 2.24. The summed E-state index contributed by atoms with van der Waals surface area (Å²) >= 11 is 0. The fourth-order valence-electron chi connectivity index (χ4n) is 1.05. The highest BCUT2D eigenvalue weighted by molar-refractivity contribution is 5.97. The Kier molecular flexibility index (Phi) is 2.32. The highest BCUT2D eigenvalue weighted by atomic mass is 16.4. The van der Waals surface area contributed by atoms with Gasteiger partial charge in [0.2, 0.25) is 0 Å². The predicted molar refractivity (Wildman–Crippen MR) is 39.9 cm³/mol. The Morgan fingerprint density at radius 3 is 2.75 bits per heavy atom. The smallest absolute Gasteiger partial charge is 0.407 e. The van der Waals surface area contributed by atoms with Crippen molar-refractivity contribution in [3.05, 3.63) is 11.8 Å². The minimum Gasteiger partial charge on any atom is -0.515 e. The maximum Gasteiger partial charge on any atom is 0.407 e. The van der Waals surface area contributed by atoms with E-state index >= 15 is 0 Å². The zero-order chi connectivity index (χ0) is 9.14. The zero-order valence-electron chi connectivity index (χ0n) is 6.36. The lowest BCUT2D eigenvalue weighted by atomic mass is 10.1. The number of hydrogen-bond acceptors (Lipinski definition) is 3. The van der Waals surface area contributed by atoms with Crippen LogP contribution in [-0.2, 0) is 4.79 Å². The fourth-order valence-corrected chi connectivity index (χ4v) is 1.05.